The first-order chi connectivity index (χ1) is 10.2. The van der Waals surface area contributed by atoms with E-state index in [0.29, 0.717) is 12.6 Å². The molecule has 2 aliphatic heterocycles. The van der Waals surface area contributed by atoms with Gasteiger partial charge in [0, 0.05) is 32.2 Å². The molecule has 1 atom stereocenters. The molecular formula is C16H23ClFN3O. The van der Waals surface area contributed by atoms with Gasteiger partial charge in [0.05, 0.1) is 6.54 Å². The summed E-state index contributed by atoms with van der Waals surface area (Å²) in [5.41, 5.74) is 1.00. The number of hydrogen-bond acceptors (Lipinski definition) is 3. The minimum Gasteiger partial charge on any atom is -0.336 e. The lowest BCUT2D eigenvalue weighted by Crippen LogP contribution is -2.56. The number of nitrogens with one attached hydrogen (secondary N) is 1. The van der Waals surface area contributed by atoms with E-state index in [1.807, 2.05) is 11.0 Å². The smallest absolute Gasteiger partial charge is 0.236 e. The number of hydrogen-bond donors (Lipinski definition) is 1. The monoisotopic (exact) mass is 327 g/mol. The molecule has 1 amide bonds. The van der Waals surface area contributed by atoms with E-state index < -0.39 is 0 Å². The summed E-state index contributed by atoms with van der Waals surface area (Å²) in [5, 5.41) is 3.11. The first kappa shape index (κ1) is 17.2. The third-order valence-corrected chi connectivity index (χ3v) is 4.34. The van der Waals surface area contributed by atoms with Crippen molar-refractivity contribution in [2.75, 3.05) is 32.7 Å². The fourth-order valence-corrected chi connectivity index (χ4v) is 3.33. The molecule has 122 valence electrons. The van der Waals surface area contributed by atoms with E-state index in [2.05, 4.69) is 10.2 Å². The highest BCUT2D eigenvalue weighted by Gasteiger charge is 2.29. The molecule has 0 aromatic heterocycles. The predicted molar refractivity (Wildman–Crippen MR) is 86.5 cm³/mol. The maximum Gasteiger partial charge on any atom is 0.236 e. The van der Waals surface area contributed by atoms with Gasteiger partial charge in [0.1, 0.15) is 5.82 Å². The van der Waals surface area contributed by atoms with E-state index in [0.717, 1.165) is 51.1 Å². The molecule has 2 saturated heterocycles. The number of rotatable bonds is 3. The molecule has 0 radical (unpaired) electrons. The summed E-state index contributed by atoms with van der Waals surface area (Å²) in [5.74, 6) is 0.0252. The van der Waals surface area contributed by atoms with Crippen LogP contribution in [0.2, 0.25) is 0 Å². The van der Waals surface area contributed by atoms with Gasteiger partial charge in [-0.25, -0.2) is 4.39 Å². The third-order valence-electron chi connectivity index (χ3n) is 4.34. The Morgan fingerprint density at radius 2 is 2.18 bits per heavy atom. The lowest BCUT2D eigenvalue weighted by atomic mass is 10.0. The summed E-state index contributed by atoms with van der Waals surface area (Å²) in [6.45, 7) is 4.81. The minimum atomic E-state index is -0.182. The van der Waals surface area contributed by atoms with Crippen LogP contribution >= 0.6 is 12.4 Å². The quantitative estimate of drug-likeness (QED) is 0.917. The highest BCUT2D eigenvalue weighted by atomic mass is 35.5. The molecule has 1 N–H and O–H groups in total. The fraction of sp³-hybridized carbons (Fsp3) is 0.562. The SMILES string of the molecule is Cl.O=C1CNCCN1C1CCCN(Cc2cccc(F)c2)C1. The number of halogens is 2. The Labute approximate surface area is 137 Å². The summed E-state index contributed by atoms with van der Waals surface area (Å²) in [7, 11) is 0. The second-order valence-electron chi connectivity index (χ2n) is 5.92. The van der Waals surface area contributed by atoms with Gasteiger partial charge in [-0.05, 0) is 37.1 Å². The van der Waals surface area contributed by atoms with E-state index >= 15 is 0 Å². The minimum absolute atomic E-state index is 0. The van der Waals surface area contributed by atoms with Gasteiger partial charge in [0.25, 0.3) is 0 Å². The van der Waals surface area contributed by atoms with Crippen molar-refractivity contribution in [1.29, 1.82) is 0 Å². The second-order valence-corrected chi connectivity index (χ2v) is 5.92. The zero-order chi connectivity index (χ0) is 14.7. The largest absolute Gasteiger partial charge is 0.336 e. The topological polar surface area (TPSA) is 35.6 Å². The standard InChI is InChI=1S/C16H22FN3O.ClH/c17-14-4-1-3-13(9-14)11-19-7-2-5-15(12-19)20-8-6-18-10-16(20)21;/h1,3-4,9,15,18H,2,5-8,10-12H2;1H. The Kier molecular flexibility index (Phi) is 6.17. The van der Waals surface area contributed by atoms with Crippen molar-refractivity contribution in [2.24, 2.45) is 0 Å². The molecule has 2 aliphatic rings. The van der Waals surface area contributed by atoms with Crippen LogP contribution in [0.4, 0.5) is 4.39 Å². The summed E-state index contributed by atoms with van der Waals surface area (Å²) >= 11 is 0. The van der Waals surface area contributed by atoms with Gasteiger partial charge in [-0.3, -0.25) is 9.69 Å². The summed E-state index contributed by atoms with van der Waals surface area (Å²) in [6.07, 6.45) is 2.17. The average molecular weight is 328 g/mol. The molecule has 0 spiro atoms. The van der Waals surface area contributed by atoms with Crippen molar-refractivity contribution in [1.82, 2.24) is 15.1 Å². The summed E-state index contributed by atoms with van der Waals surface area (Å²) < 4.78 is 13.3. The van der Waals surface area contributed by atoms with Crippen molar-refractivity contribution in [2.45, 2.75) is 25.4 Å². The van der Waals surface area contributed by atoms with E-state index in [1.165, 1.54) is 6.07 Å². The molecule has 4 nitrogen and oxygen atoms in total. The molecule has 3 rings (SSSR count). The van der Waals surface area contributed by atoms with Gasteiger partial charge in [-0.2, -0.15) is 0 Å². The van der Waals surface area contributed by atoms with Crippen LogP contribution in [-0.2, 0) is 11.3 Å². The number of nitrogens with zero attached hydrogens (tertiary/aromatic N) is 2. The normalized spacial score (nSPS) is 23.2. The van der Waals surface area contributed by atoms with Crippen LogP contribution in [-0.4, -0.2) is 54.5 Å². The van der Waals surface area contributed by atoms with E-state index in [-0.39, 0.29) is 24.1 Å². The molecule has 22 heavy (non-hydrogen) atoms. The number of carbonyl (C=O) groups is 1. The zero-order valence-corrected chi connectivity index (χ0v) is 13.4. The molecule has 0 saturated carbocycles. The van der Waals surface area contributed by atoms with Gasteiger partial charge >= 0.3 is 0 Å². The van der Waals surface area contributed by atoms with Crippen LogP contribution in [0.1, 0.15) is 18.4 Å². The van der Waals surface area contributed by atoms with E-state index in [9.17, 15) is 9.18 Å². The maximum absolute atomic E-state index is 13.3. The van der Waals surface area contributed by atoms with Crippen LogP contribution < -0.4 is 5.32 Å². The van der Waals surface area contributed by atoms with E-state index in [4.69, 9.17) is 0 Å². The lowest BCUT2D eigenvalue weighted by Gasteiger charge is -2.41. The van der Waals surface area contributed by atoms with Crippen LogP contribution in [0.3, 0.4) is 0 Å². The molecule has 2 fully saturated rings. The van der Waals surface area contributed by atoms with Gasteiger partial charge in [0.15, 0.2) is 0 Å². The molecule has 1 aromatic rings. The number of piperidine rings is 1. The third kappa shape index (κ3) is 4.18. The number of amides is 1. The van der Waals surface area contributed by atoms with Crippen molar-refractivity contribution >= 4 is 18.3 Å². The highest BCUT2D eigenvalue weighted by molar-refractivity contribution is 5.85. The zero-order valence-electron chi connectivity index (χ0n) is 12.6. The summed E-state index contributed by atoms with van der Waals surface area (Å²) in [4.78, 5) is 16.4. The Morgan fingerprint density at radius 1 is 1.32 bits per heavy atom. The molecule has 2 heterocycles. The van der Waals surface area contributed by atoms with Gasteiger partial charge in [-0.1, -0.05) is 12.1 Å². The van der Waals surface area contributed by atoms with Crippen LogP contribution in [0, 0.1) is 5.82 Å². The molecular weight excluding hydrogens is 305 g/mol. The molecule has 0 aliphatic carbocycles. The second kappa shape index (κ2) is 7.90. The molecule has 1 aromatic carbocycles. The predicted octanol–water partition coefficient (Wildman–Crippen LogP) is 1.64. The molecule has 6 heteroatoms. The average Bonchev–Trinajstić information content (AvgIpc) is 2.48. The summed E-state index contributed by atoms with van der Waals surface area (Å²) in [6, 6.07) is 7.10. The van der Waals surface area contributed by atoms with Gasteiger partial charge < -0.3 is 10.2 Å². The van der Waals surface area contributed by atoms with Gasteiger partial charge in [-0.15, -0.1) is 12.4 Å². The van der Waals surface area contributed by atoms with Crippen molar-refractivity contribution in [3.8, 4) is 0 Å². The Bertz CT molecular complexity index is 514. The Morgan fingerprint density at radius 3 is 2.95 bits per heavy atom. The molecule has 1 unspecified atom stereocenters. The van der Waals surface area contributed by atoms with Crippen molar-refractivity contribution in [3.05, 3.63) is 35.6 Å². The number of carbonyl (C=O) groups excluding carboxylic acids is 1. The van der Waals surface area contributed by atoms with Crippen LogP contribution in [0.25, 0.3) is 0 Å². The highest BCUT2D eigenvalue weighted by Crippen LogP contribution is 2.19. The van der Waals surface area contributed by atoms with Crippen LogP contribution in [0.5, 0.6) is 0 Å². The van der Waals surface area contributed by atoms with E-state index in [1.54, 1.807) is 12.1 Å². The lowest BCUT2D eigenvalue weighted by molar-refractivity contribution is -0.135. The first-order valence-electron chi connectivity index (χ1n) is 7.69. The number of piperazine rings is 1. The number of benzene rings is 1. The Balaban J connectivity index is 0.00000176. The van der Waals surface area contributed by atoms with Gasteiger partial charge in [0.2, 0.25) is 5.91 Å². The Hall–Kier alpha value is -1.17. The van der Waals surface area contributed by atoms with Crippen molar-refractivity contribution < 1.29 is 9.18 Å². The molecule has 0 bridgehead atoms. The van der Waals surface area contributed by atoms with Crippen molar-refractivity contribution in [3.63, 3.8) is 0 Å². The first-order valence-corrected chi connectivity index (χ1v) is 7.69. The van der Waals surface area contributed by atoms with Crippen LogP contribution in [0.15, 0.2) is 24.3 Å². The fourth-order valence-electron chi connectivity index (χ4n) is 3.33. The number of likely N-dealkylation sites (tertiary alicyclic amines) is 1. The maximum atomic E-state index is 13.3.